The third-order valence-corrected chi connectivity index (χ3v) is 5.83. The van der Waals surface area contributed by atoms with E-state index in [4.69, 9.17) is 23.2 Å². The summed E-state index contributed by atoms with van der Waals surface area (Å²) in [7, 11) is 1.76. The van der Waals surface area contributed by atoms with Crippen LogP contribution in [0.15, 0.2) is 60.7 Å². The Kier molecular flexibility index (Phi) is 8.22. The monoisotopic (exact) mass is 484 g/mol. The average molecular weight is 485 g/mol. The summed E-state index contributed by atoms with van der Waals surface area (Å²) in [6.45, 7) is 8.07. The lowest BCUT2D eigenvalue weighted by Crippen LogP contribution is -2.35. The molecule has 0 spiro atoms. The molecule has 1 amide bonds. The van der Waals surface area contributed by atoms with E-state index in [-0.39, 0.29) is 16.5 Å². The van der Waals surface area contributed by atoms with Crippen molar-refractivity contribution in [3.8, 4) is 0 Å². The Labute approximate surface area is 206 Å². The minimum atomic E-state index is -0.181. The molecule has 1 aromatic heterocycles. The molecule has 0 bridgehead atoms. The van der Waals surface area contributed by atoms with E-state index in [0.29, 0.717) is 36.0 Å². The van der Waals surface area contributed by atoms with Crippen LogP contribution in [-0.4, -0.2) is 35.9 Å². The van der Waals surface area contributed by atoms with Gasteiger partial charge in [0, 0.05) is 37.4 Å². The molecule has 0 saturated carbocycles. The van der Waals surface area contributed by atoms with Gasteiger partial charge in [0.2, 0.25) is 0 Å². The van der Waals surface area contributed by atoms with Gasteiger partial charge in [0.15, 0.2) is 5.69 Å². The summed E-state index contributed by atoms with van der Waals surface area (Å²) in [4.78, 5) is 19.6. The van der Waals surface area contributed by atoms with Gasteiger partial charge in [-0.15, -0.1) is 0 Å². The number of nitrogens with one attached hydrogen (secondary N) is 2. The van der Waals surface area contributed by atoms with Gasteiger partial charge in [0.1, 0.15) is 5.15 Å². The van der Waals surface area contributed by atoms with Gasteiger partial charge in [0.05, 0.1) is 5.69 Å². The number of pyridine rings is 1. The van der Waals surface area contributed by atoms with Gasteiger partial charge in [0.25, 0.3) is 5.91 Å². The van der Waals surface area contributed by atoms with Crippen molar-refractivity contribution in [3.63, 3.8) is 0 Å². The van der Waals surface area contributed by atoms with Crippen LogP contribution in [0.2, 0.25) is 10.2 Å². The maximum absolute atomic E-state index is 13.5. The van der Waals surface area contributed by atoms with Crippen molar-refractivity contribution in [2.75, 3.05) is 30.8 Å². The van der Waals surface area contributed by atoms with Gasteiger partial charge in [-0.3, -0.25) is 4.79 Å². The number of anilines is 2. The fraction of sp³-hybridized carbons (Fsp3) is 0.308. The quantitative estimate of drug-likeness (QED) is 0.359. The van der Waals surface area contributed by atoms with E-state index >= 15 is 0 Å². The third kappa shape index (κ3) is 6.86. The van der Waals surface area contributed by atoms with Crippen molar-refractivity contribution in [2.45, 2.75) is 32.7 Å². The Hall–Kier alpha value is -2.76. The number of amides is 1. The molecule has 0 aliphatic heterocycles. The maximum atomic E-state index is 13.5. The number of nitrogens with zero attached hydrogens (tertiary/aromatic N) is 2. The average Bonchev–Trinajstić information content (AvgIpc) is 2.79. The summed E-state index contributed by atoms with van der Waals surface area (Å²) in [6, 6.07) is 19.3. The normalized spacial score (nSPS) is 11.2. The van der Waals surface area contributed by atoms with E-state index in [1.54, 1.807) is 24.1 Å². The van der Waals surface area contributed by atoms with Gasteiger partial charge in [-0.05, 0) is 52.9 Å². The highest BCUT2D eigenvalue weighted by Crippen LogP contribution is 2.24. The second-order valence-corrected chi connectivity index (χ2v) is 9.71. The van der Waals surface area contributed by atoms with Crippen LogP contribution in [0.4, 0.5) is 11.4 Å². The predicted molar refractivity (Wildman–Crippen MR) is 139 cm³/mol. The highest BCUT2D eigenvalue weighted by atomic mass is 35.5. The maximum Gasteiger partial charge on any atom is 0.275 e. The van der Waals surface area contributed by atoms with E-state index in [0.717, 1.165) is 11.3 Å². The van der Waals surface area contributed by atoms with Crippen LogP contribution in [0.25, 0.3) is 0 Å². The van der Waals surface area contributed by atoms with Crippen molar-refractivity contribution in [1.29, 1.82) is 0 Å². The Morgan fingerprint density at radius 3 is 2.24 bits per heavy atom. The zero-order valence-electron chi connectivity index (χ0n) is 19.5. The number of carbonyl (C=O) groups excluding carboxylic acids is 1. The van der Waals surface area contributed by atoms with Gasteiger partial charge < -0.3 is 15.5 Å². The molecule has 0 aliphatic carbocycles. The molecule has 3 aromatic rings. The number of rotatable bonds is 8. The van der Waals surface area contributed by atoms with Crippen LogP contribution in [0.5, 0.6) is 0 Å². The third-order valence-electron chi connectivity index (χ3n) is 5.37. The van der Waals surface area contributed by atoms with Crippen molar-refractivity contribution in [2.24, 2.45) is 0 Å². The lowest BCUT2D eigenvalue weighted by Gasteiger charge is -2.25. The smallest absolute Gasteiger partial charge is 0.275 e. The number of hydrogen-bond donors (Lipinski definition) is 2. The first-order valence-corrected chi connectivity index (χ1v) is 11.7. The first kappa shape index (κ1) is 24.9. The molecule has 3 rings (SSSR count). The molecule has 33 heavy (non-hydrogen) atoms. The van der Waals surface area contributed by atoms with E-state index in [9.17, 15) is 4.79 Å². The van der Waals surface area contributed by atoms with Crippen LogP contribution < -0.4 is 10.6 Å². The molecular formula is C26H30Cl2N4O. The second kappa shape index (κ2) is 10.9. The second-order valence-electron chi connectivity index (χ2n) is 8.89. The lowest BCUT2D eigenvalue weighted by molar-refractivity contribution is 0.0745. The summed E-state index contributed by atoms with van der Waals surface area (Å²) in [5.41, 5.74) is 4.27. The number of carbonyl (C=O) groups is 1. The van der Waals surface area contributed by atoms with E-state index in [2.05, 4.69) is 60.7 Å². The molecule has 7 heteroatoms. The largest absolute Gasteiger partial charge is 0.386 e. The molecule has 0 atom stereocenters. The summed E-state index contributed by atoms with van der Waals surface area (Å²) in [5.74, 6) is -0.181. The fourth-order valence-electron chi connectivity index (χ4n) is 3.44. The van der Waals surface area contributed by atoms with E-state index < -0.39 is 0 Å². The van der Waals surface area contributed by atoms with Crippen molar-refractivity contribution >= 4 is 40.5 Å². The number of benzene rings is 2. The summed E-state index contributed by atoms with van der Waals surface area (Å²) in [6.07, 6.45) is 0. The van der Waals surface area contributed by atoms with Crippen LogP contribution in [-0.2, 0) is 12.0 Å². The minimum absolute atomic E-state index is 0.0724. The summed E-state index contributed by atoms with van der Waals surface area (Å²) >= 11 is 12.1. The Morgan fingerprint density at radius 2 is 1.64 bits per heavy atom. The first-order valence-electron chi connectivity index (χ1n) is 10.9. The number of hydrogen-bond acceptors (Lipinski definition) is 4. The number of halogens is 2. The Morgan fingerprint density at radius 1 is 0.970 bits per heavy atom. The van der Waals surface area contributed by atoms with Crippen LogP contribution in [0, 0.1) is 0 Å². The minimum Gasteiger partial charge on any atom is -0.386 e. The lowest BCUT2D eigenvalue weighted by atomic mass is 9.87. The molecule has 5 nitrogen and oxygen atoms in total. The Bertz CT molecular complexity index is 1080. The van der Waals surface area contributed by atoms with Gasteiger partial charge >= 0.3 is 0 Å². The van der Waals surface area contributed by atoms with Crippen LogP contribution in [0.1, 0.15) is 42.4 Å². The highest BCUT2D eigenvalue weighted by molar-refractivity contribution is 6.30. The topological polar surface area (TPSA) is 57.3 Å². The van der Waals surface area contributed by atoms with Gasteiger partial charge in [-0.25, -0.2) is 4.98 Å². The summed E-state index contributed by atoms with van der Waals surface area (Å²) in [5, 5.41) is 7.35. The van der Waals surface area contributed by atoms with Gasteiger partial charge in [-0.2, -0.15) is 0 Å². The number of aromatic nitrogens is 1. The zero-order valence-corrected chi connectivity index (χ0v) is 21.0. The van der Waals surface area contributed by atoms with Crippen LogP contribution >= 0.6 is 23.2 Å². The van der Waals surface area contributed by atoms with E-state index in [1.165, 1.54) is 5.56 Å². The standard InChI is InChI=1S/C26H30Cl2N4O/c1-26(2,3)19-7-5-18(6-8-19)17-32(16-15-30-21-11-9-20(27)10-12-21)25(33)24-22(29-4)13-14-23(28)31-24/h5-14,29-30H,15-17H2,1-4H3. The van der Waals surface area contributed by atoms with Gasteiger partial charge in [-0.1, -0.05) is 68.2 Å². The molecule has 0 saturated heterocycles. The SMILES string of the molecule is CNc1ccc(Cl)nc1C(=O)N(CCNc1ccc(Cl)cc1)Cc1ccc(C(C)(C)C)cc1. The molecule has 0 fully saturated rings. The zero-order chi connectivity index (χ0) is 24.0. The molecule has 1 heterocycles. The molecular weight excluding hydrogens is 455 g/mol. The molecule has 174 valence electrons. The predicted octanol–water partition coefficient (Wildman–Crippen LogP) is 6.48. The molecule has 0 radical (unpaired) electrons. The Balaban J connectivity index is 1.81. The summed E-state index contributed by atoms with van der Waals surface area (Å²) < 4.78 is 0. The molecule has 0 aliphatic rings. The molecule has 0 unspecified atom stereocenters. The van der Waals surface area contributed by atoms with Crippen molar-refractivity contribution in [3.05, 3.63) is 87.7 Å². The van der Waals surface area contributed by atoms with Crippen molar-refractivity contribution in [1.82, 2.24) is 9.88 Å². The fourth-order valence-corrected chi connectivity index (χ4v) is 3.71. The van der Waals surface area contributed by atoms with Crippen LogP contribution in [0.3, 0.4) is 0 Å². The first-order chi connectivity index (χ1) is 15.7. The van der Waals surface area contributed by atoms with Crippen molar-refractivity contribution < 1.29 is 4.79 Å². The molecule has 2 aromatic carbocycles. The van der Waals surface area contributed by atoms with E-state index in [1.807, 2.05) is 24.3 Å². The highest BCUT2D eigenvalue weighted by Gasteiger charge is 2.21. The molecule has 2 N–H and O–H groups in total.